The summed E-state index contributed by atoms with van der Waals surface area (Å²) in [7, 11) is 0. The molecule has 0 radical (unpaired) electrons. The summed E-state index contributed by atoms with van der Waals surface area (Å²) in [6.07, 6.45) is 6.85. The molecule has 0 unspecified atom stereocenters. The Morgan fingerprint density at radius 3 is 2.76 bits per heavy atom. The number of phenolic OH excluding ortho intramolecular Hbond substituents is 1. The average molecular weight is 470 g/mol. The minimum absolute atomic E-state index is 0.00544. The van der Waals surface area contributed by atoms with Crippen LogP contribution in [0.15, 0.2) is 17.1 Å². The summed E-state index contributed by atoms with van der Waals surface area (Å²) in [5, 5.41) is 22.7. The molecule has 1 aliphatic heterocycles. The summed E-state index contributed by atoms with van der Waals surface area (Å²) in [5.74, 6) is 6.77. The molecule has 1 aromatic carbocycles. The molecule has 2 N–H and O–H groups in total. The number of isothiocyanates is 1. The molecule has 6 heteroatoms. The number of rotatable bonds is 8. The number of benzene rings is 1. The Labute approximate surface area is 202 Å². The van der Waals surface area contributed by atoms with E-state index < -0.39 is 5.60 Å². The smallest absolute Gasteiger partial charge is 0.169 e. The zero-order chi connectivity index (χ0) is 24.1. The summed E-state index contributed by atoms with van der Waals surface area (Å²) < 4.78 is 6.44. The molecule has 1 fully saturated rings. The molecular weight excluding hydrogens is 434 g/mol. The van der Waals surface area contributed by atoms with Crippen LogP contribution in [-0.2, 0) is 10.2 Å². The van der Waals surface area contributed by atoms with Crippen LogP contribution in [0.2, 0.25) is 0 Å². The van der Waals surface area contributed by atoms with Gasteiger partial charge in [-0.15, -0.1) is 0 Å². The van der Waals surface area contributed by atoms with E-state index in [1.165, 1.54) is 0 Å². The van der Waals surface area contributed by atoms with Gasteiger partial charge < -0.3 is 14.9 Å². The molecule has 0 spiro atoms. The van der Waals surface area contributed by atoms with Gasteiger partial charge in [0.15, 0.2) is 5.60 Å². The van der Waals surface area contributed by atoms with Crippen molar-refractivity contribution in [2.45, 2.75) is 89.1 Å². The van der Waals surface area contributed by atoms with Gasteiger partial charge in [0, 0.05) is 36.8 Å². The first kappa shape index (κ1) is 25.4. The van der Waals surface area contributed by atoms with Crippen molar-refractivity contribution < 1.29 is 19.7 Å². The molecule has 0 bridgehead atoms. The number of ether oxygens (including phenoxy) is 1. The second-order valence-electron chi connectivity index (χ2n) is 10.1. The molecule has 3 rings (SSSR count). The largest absolute Gasteiger partial charge is 0.508 e. The Bertz CT molecular complexity index is 986. The van der Waals surface area contributed by atoms with Crippen LogP contribution in [-0.4, -0.2) is 39.9 Å². The van der Waals surface area contributed by atoms with E-state index in [1.807, 2.05) is 19.1 Å². The van der Waals surface area contributed by atoms with Crippen molar-refractivity contribution in [1.29, 1.82) is 0 Å². The second-order valence-corrected chi connectivity index (χ2v) is 10.3. The van der Waals surface area contributed by atoms with Crippen LogP contribution in [0, 0.1) is 17.8 Å². The predicted molar refractivity (Wildman–Crippen MR) is 133 cm³/mol. The Morgan fingerprint density at radius 2 is 2.03 bits per heavy atom. The van der Waals surface area contributed by atoms with E-state index in [0.717, 1.165) is 49.8 Å². The first-order valence-corrected chi connectivity index (χ1v) is 12.4. The fourth-order valence-corrected chi connectivity index (χ4v) is 5.46. The molecule has 2 aliphatic rings. The first-order chi connectivity index (χ1) is 15.7. The van der Waals surface area contributed by atoms with Crippen molar-refractivity contribution >= 4 is 23.2 Å². The lowest BCUT2D eigenvalue weighted by atomic mass is 9.65. The third-order valence-corrected chi connectivity index (χ3v) is 7.40. The van der Waals surface area contributed by atoms with Crippen LogP contribution < -0.4 is 4.74 Å². The van der Waals surface area contributed by atoms with E-state index in [1.54, 1.807) is 0 Å². The normalized spacial score (nSPS) is 23.9. The van der Waals surface area contributed by atoms with Crippen molar-refractivity contribution in [3.8, 4) is 23.3 Å². The van der Waals surface area contributed by atoms with Crippen LogP contribution in [0.4, 0.5) is 0 Å². The Hall–Kier alpha value is -2.19. The number of aliphatic hydroxyl groups excluding tert-OH is 1. The second kappa shape index (κ2) is 10.8. The lowest BCUT2D eigenvalue weighted by molar-refractivity contribution is -0.123. The van der Waals surface area contributed by atoms with Gasteiger partial charge in [0.05, 0.1) is 5.16 Å². The summed E-state index contributed by atoms with van der Waals surface area (Å²) >= 11 is 4.60. The SMILES string of the molecule is CC(C)(CCCCCCN=C=S)c1cc(O)c2c(c1)O[C@@](C)(C#CCO)[C@@H]1CCC(=O)C[C@@H]21. The standard InChI is InChI=1S/C27H35NO4S/c1-26(2,11-6-4-5-7-13-28-18-33)19-15-23(31)25-21-17-20(30)9-10-22(21)27(3,12-8-14-29)32-24(25)16-19/h15-16,21-22,29,31H,4-7,9-11,13-14,17H2,1-3H3/t21-,22-,27+/m1/s1. The van der Waals surface area contributed by atoms with Crippen LogP contribution in [0.25, 0.3) is 0 Å². The van der Waals surface area contributed by atoms with Gasteiger partial charge in [0.2, 0.25) is 0 Å². The highest BCUT2D eigenvalue weighted by atomic mass is 32.1. The summed E-state index contributed by atoms with van der Waals surface area (Å²) in [4.78, 5) is 16.3. The van der Waals surface area contributed by atoms with Crippen LogP contribution in [0.5, 0.6) is 11.5 Å². The number of Topliss-reactive ketones (excluding diaryl/α,β-unsaturated/α-hetero) is 1. The number of hydrogen-bond acceptors (Lipinski definition) is 6. The van der Waals surface area contributed by atoms with E-state index in [9.17, 15) is 15.0 Å². The molecule has 33 heavy (non-hydrogen) atoms. The highest BCUT2D eigenvalue weighted by molar-refractivity contribution is 7.78. The number of aliphatic imine (C=N–C) groups is 1. The Morgan fingerprint density at radius 1 is 1.27 bits per heavy atom. The number of ketones is 1. The number of aliphatic hydroxyl groups is 1. The van der Waals surface area contributed by atoms with Crippen molar-refractivity contribution in [2.75, 3.05) is 13.2 Å². The van der Waals surface area contributed by atoms with Gasteiger partial charge in [-0.05, 0) is 61.5 Å². The van der Waals surface area contributed by atoms with Crippen molar-refractivity contribution in [3.63, 3.8) is 0 Å². The first-order valence-electron chi connectivity index (χ1n) is 11.9. The van der Waals surface area contributed by atoms with E-state index in [0.29, 0.717) is 25.0 Å². The predicted octanol–water partition coefficient (Wildman–Crippen LogP) is 5.32. The monoisotopic (exact) mass is 469 g/mol. The zero-order valence-electron chi connectivity index (χ0n) is 19.9. The van der Waals surface area contributed by atoms with Gasteiger partial charge in [-0.1, -0.05) is 45.0 Å². The fourth-order valence-electron chi connectivity index (χ4n) is 5.37. The molecule has 1 aliphatic carbocycles. The molecule has 1 aromatic rings. The van der Waals surface area contributed by atoms with Crippen molar-refractivity contribution in [2.24, 2.45) is 10.9 Å². The minimum Gasteiger partial charge on any atom is -0.508 e. The van der Waals surface area contributed by atoms with Gasteiger partial charge in [-0.3, -0.25) is 4.79 Å². The topological polar surface area (TPSA) is 79.1 Å². The zero-order valence-corrected chi connectivity index (χ0v) is 20.8. The molecule has 0 saturated heterocycles. The highest BCUT2D eigenvalue weighted by Gasteiger charge is 2.49. The van der Waals surface area contributed by atoms with Crippen LogP contribution >= 0.6 is 12.2 Å². The maximum atomic E-state index is 12.3. The molecule has 1 saturated carbocycles. The summed E-state index contributed by atoms with van der Waals surface area (Å²) in [6.45, 7) is 6.81. The maximum absolute atomic E-state index is 12.3. The fraction of sp³-hybridized carbons (Fsp3) is 0.630. The number of aromatic hydroxyl groups is 1. The van der Waals surface area contributed by atoms with Gasteiger partial charge >= 0.3 is 0 Å². The quantitative estimate of drug-likeness (QED) is 0.233. The third kappa shape index (κ3) is 5.84. The van der Waals surface area contributed by atoms with E-state index in [4.69, 9.17) is 4.74 Å². The van der Waals surface area contributed by atoms with Gasteiger partial charge in [-0.25, -0.2) is 4.99 Å². The molecule has 3 atom stereocenters. The number of carbonyl (C=O) groups excluding carboxylic acids is 1. The van der Waals surface area contributed by atoms with Crippen molar-refractivity contribution in [1.82, 2.24) is 0 Å². The molecular formula is C27H35NO4S. The molecule has 1 heterocycles. The number of nitrogens with zero attached hydrogens (tertiary/aromatic N) is 1. The van der Waals surface area contributed by atoms with Gasteiger partial charge in [-0.2, -0.15) is 0 Å². The van der Waals surface area contributed by atoms with E-state index in [2.05, 4.69) is 48.1 Å². The minimum atomic E-state index is -0.804. The van der Waals surface area contributed by atoms with E-state index >= 15 is 0 Å². The number of unbranched alkanes of at least 4 members (excludes halogenated alkanes) is 3. The van der Waals surface area contributed by atoms with Crippen molar-refractivity contribution in [3.05, 3.63) is 23.3 Å². The molecule has 5 nitrogen and oxygen atoms in total. The van der Waals surface area contributed by atoms with Crippen LogP contribution in [0.1, 0.15) is 89.2 Å². The number of thiocarbonyl (C=S) groups is 1. The molecule has 178 valence electrons. The number of hydrogen-bond donors (Lipinski definition) is 2. The number of phenols is 1. The van der Waals surface area contributed by atoms with Crippen LogP contribution in [0.3, 0.4) is 0 Å². The highest BCUT2D eigenvalue weighted by Crippen LogP contribution is 2.54. The summed E-state index contributed by atoms with van der Waals surface area (Å²) in [5.41, 5.74) is 0.799. The number of carbonyl (C=O) groups is 1. The Kier molecular flexibility index (Phi) is 8.34. The third-order valence-electron chi connectivity index (χ3n) is 7.27. The van der Waals surface area contributed by atoms with E-state index in [-0.39, 0.29) is 35.4 Å². The lowest BCUT2D eigenvalue weighted by Crippen LogP contribution is -2.48. The Balaban J connectivity index is 1.84. The molecule has 0 aromatic heterocycles. The van der Waals surface area contributed by atoms with Gasteiger partial charge in [0.25, 0.3) is 0 Å². The number of fused-ring (bicyclic) bond motifs is 3. The summed E-state index contributed by atoms with van der Waals surface area (Å²) in [6, 6.07) is 3.88. The van der Waals surface area contributed by atoms with Gasteiger partial charge in [0.1, 0.15) is 23.9 Å². The molecule has 0 amide bonds. The maximum Gasteiger partial charge on any atom is 0.169 e. The lowest BCUT2D eigenvalue weighted by Gasteiger charge is -2.46. The average Bonchev–Trinajstić information content (AvgIpc) is 2.76.